The van der Waals surface area contributed by atoms with E-state index in [1.807, 2.05) is 18.2 Å². The number of piperidine rings is 1. The summed E-state index contributed by atoms with van der Waals surface area (Å²) in [4.78, 5) is 2.37. The second-order valence-corrected chi connectivity index (χ2v) is 5.73. The molecule has 2 atom stereocenters. The van der Waals surface area contributed by atoms with Gasteiger partial charge in [-0.2, -0.15) is 0 Å². The summed E-state index contributed by atoms with van der Waals surface area (Å²) < 4.78 is 5.96. The van der Waals surface area contributed by atoms with E-state index in [4.69, 9.17) is 4.74 Å². The van der Waals surface area contributed by atoms with Gasteiger partial charge in [-0.15, -0.1) is 0 Å². The summed E-state index contributed by atoms with van der Waals surface area (Å²) in [7, 11) is 0. The van der Waals surface area contributed by atoms with Crippen LogP contribution in [0.4, 0.5) is 0 Å². The molecule has 2 aliphatic rings. The Bertz CT molecular complexity index is 415. The third-order valence-electron chi connectivity index (χ3n) is 4.27. The zero-order valence-corrected chi connectivity index (χ0v) is 11.4. The molecule has 2 heterocycles. The van der Waals surface area contributed by atoms with Crippen molar-refractivity contribution < 1.29 is 9.84 Å². The fourth-order valence-electron chi connectivity index (χ4n) is 3.14. The van der Waals surface area contributed by atoms with E-state index in [9.17, 15) is 5.11 Å². The third-order valence-corrected chi connectivity index (χ3v) is 4.27. The van der Waals surface area contributed by atoms with Crippen LogP contribution in [-0.4, -0.2) is 41.8 Å². The normalized spacial score (nSPS) is 25.4. The van der Waals surface area contributed by atoms with Crippen LogP contribution >= 0.6 is 0 Å². The molecule has 2 unspecified atom stereocenters. The van der Waals surface area contributed by atoms with Gasteiger partial charge in [-0.3, -0.25) is 0 Å². The molecule has 1 fully saturated rings. The molecule has 0 saturated carbocycles. The highest BCUT2D eigenvalue weighted by molar-refractivity contribution is 5.35. The van der Waals surface area contributed by atoms with Gasteiger partial charge in [0, 0.05) is 6.54 Å². The standard InChI is InChI=1S/C16H23NO2/c18-14(12-17-10-4-1-5-11-17)16-9-8-13-6-2-3-7-15(13)19-16/h2-3,6-7,14,16,18H,1,4-5,8-12H2. The average molecular weight is 261 g/mol. The minimum absolute atomic E-state index is 0.0446. The quantitative estimate of drug-likeness (QED) is 0.905. The molecule has 1 aromatic carbocycles. The van der Waals surface area contributed by atoms with Crippen LogP contribution < -0.4 is 4.74 Å². The van der Waals surface area contributed by atoms with E-state index in [0.717, 1.165) is 38.2 Å². The van der Waals surface area contributed by atoms with Crippen molar-refractivity contribution >= 4 is 0 Å². The van der Waals surface area contributed by atoms with E-state index < -0.39 is 0 Å². The Balaban J connectivity index is 1.58. The van der Waals surface area contributed by atoms with E-state index >= 15 is 0 Å². The van der Waals surface area contributed by atoms with Gasteiger partial charge in [0.2, 0.25) is 0 Å². The third kappa shape index (κ3) is 3.10. The molecular weight excluding hydrogens is 238 g/mol. The van der Waals surface area contributed by atoms with Crippen molar-refractivity contribution in [1.82, 2.24) is 4.90 Å². The predicted molar refractivity (Wildman–Crippen MR) is 75.5 cm³/mol. The van der Waals surface area contributed by atoms with Gasteiger partial charge in [-0.25, -0.2) is 0 Å². The average Bonchev–Trinajstić information content (AvgIpc) is 2.48. The molecule has 1 saturated heterocycles. The lowest BCUT2D eigenvalue weighted by atomic mass is 9.98. The Morgan fingerprint density at radius 1 is 1.21 bits per heavy atom. The first-order valence-corrected chi connectivity index (χ1v) is 7.48. The maximum atomic E-state index is 10.4. The number of hydrogen-bond acceptors (Lipinski definition) is 3. The van der Waals surface area contributed by atoms with Gasteiger partial charge >= 0.3 is 0 Å². The summed E-state index contributed by atoms with van der Waals surface area (Å²) >= 11 is 0. The van der Waals surface area contributed by atoms with Crippen LogP contribution in [0, 0.1) is 0 Å². The number of likely N-dealkylation sites (tertiary alicyclic amines) is 1. The number of ether oxygens (including phenoxy) is 1. The molecule has 0 spiro atoms. The number of aliphatic hydroxyl groups is 1. The number of aliphatic hydroxyl groups excluding tert-OH is 1. The van der Waals surface area contributed by atoms with Gasteiger partial charge in [0.25, 0.3) is 0 Å². The van der Waals surface area contributed by atoms with E-state index in [1.54, 1.807) is 0 Å². The number of aryl methyl sites for hydroxylation is 1. The zero-order chi connectivity index (χ0) is 13.1. The highest BCUT2D eigenvalue weighted by Crippen LogP contribution is 2.28. The Morgan fingerprint density at radius 2 is 2.00 bits per heavy atom. The summed E-state index contributed by atoms with van der Waals surface area (Å²) in [6.07, 6.45) is 5.38. The Kier molecular flexibility index (Phi) is 4.04. The largest absolute Gasteiger partial charge is 0.487 e. The Hall–Kier alpha value is -1.06. The molecule has 3 nitrogen and oxygen atoms in total. The van der Waals surface area contributed by atoms with Crippen LogP contribution in [0.15, 0.2) is 24.3 Å². The number of hydrogen-bond donors (Lipinski definition) is 1. The van der Waals surface area contributed by atoms with Crippen LogP contribution in [0.25, 0.3) is 0 Å². The smallest absolute Gasteiger partial charge is 0.126 e. The first kappa shape index (κ1) is 12.9. The van der Waals surface area contributed by atoms with Crippen molar-refractivity contribution in [2.75, 3.05) is 19.6 Å². The molecule has 0 radical (unpaired) electrons. The molecule has 104 valence electrons. The summed E-state index contributed by atoms with van der Waals surface area (Å²) in [5, 5.41) is 10.4. The van der Waals surface area contributed by atoms with Crippen molar-refractivity contribution in [3.05, 3.63) is 29.8 Å². The second-order valence-electron chi connectivity index (χ2n) is 5.73. The lowest BCUT2D eigenvalue weighted by Gasteiger charge is -2.34. The predicted octanol–water partition coefficient (Wildman–Crippen LogP) is 2.23. The van der Waals surface area contributed by atoms with Gasteiger partial charge < -0.3 is 14.7 Å². The maximum absolute atomic E-state index is 10.4. The molecule has 2 aliphatic heterocycles. The van der Waals surface area contributed by atoms with Crippen LogP contribution in [0.3, 0.4) is 0 Å². The summed E-state index contributed by atoms with van der Waals surface area (Å²) in [6, 6.07) is 8.17. The lowest BCUT2D eigenvalue weighted by Crippen LogP contribution is -2.44. The topological polar surface area (TPSA) is 32.7 Å². The van der Waals surface area contributed by atoms with Crippen LogP contribution in [0.1, 0.15) is 31.2 Å². The molecule has 0 bridgehead atoms. The maximum Gasteiger partial charge on any atom is 0.126 e. The van der Waals surface area contributed by atoms with E-state index in [1.165, 1.54) is 24.8 Å². The van der Waals surface area contributed by atoms with Gasteiger partial charge in [0.1, 0.15) is 18.0 Å². The number of β-amino-alcohol motifs (C(OH)–C–C–N with tert-alkyl or cyclic N) is 1. The van der Waals surface area contributed by atoms with Gasteiger partial charge in [-0.05, 0) is 50.4 Å². The van der Waals surface area contributed by atoms with Crippen molar-refractivity contribution in [3.63, 3.8) is 0 Å². The molecule has 0 aliphatic carbocycles. The fourth-order valence-corrected chi connectivity index (χ4v) is 3.14. The Labute approximate surface area is 115 Å². The number of rotatable bonds is 3. The summed E-state index contributed by atoms with van der Waals surface area (Å²) in [5.41, 5.74) is 1.27. The van der Waals surface area contributed by atoms with Crippen molar-refractivity contribution in [2.45, 2.75) is 44.3 Å². The van der Waals surface area contributed by atoms with Crippen molar-refractivity contribution in [2.24, 2.45) is 0 Å². The van der Waals surface area contributed by atoms with Gasteiger partial charge in [0.05, 0.1) is 0 Å². The summed E-state index contributed by atoms with van der Waals surface area (Å²) in [6.45, 7) is 3.01. The lowest BCUT2D eigenvalue weighted by molar-refractivity contribution is -0.00120. The van der Waals surface area contributed by atoms with Crippen molar-refractivity contribution in [1.29, 1.82) is 0 Å². The van der Waals surface area contributed by atoms with E-state index in [-0.39, 0.29) is 12.2 Å². The number of para-hydroxylation sites is 1. The molecular formula is C16H23NO2. The van der Waals surface area contributed by atoms with Crippen molar-refractivity contribution in [3.8, 4) is 5.75 Å². The molecule has 1 aromatic rings. The SMILES string of the molecule is OC(CN1CCCCC1)C1CCc2ccccc2O1. The first-order valence-electron chi connectivity index (χ1n) is 7.48. The minimum atomic E-state index is -0.369. The van der Waals surface area contributed by atoms with Crippen LogP contribution in [0.2, 0.25) is 0 Å². The van der Waals surface area contributed by atoms with E-state index in [2.05, 4.69) is 11.0 Å². The molecule has 19 heavy (non-hydrogen) atoms. The van der Waals surface area contributed by atoms with Crippen LogP contribution in [-0.2, 0) is 6.42 Å². The Morgan fingerprint density at radius 3 is 2.84 bits per heavy atom. The van der Waals surface area contributed by atoms with Gasteiger partial charge in [-0.1, -0.05) is 24.6 Å². The molecule has 1 N–H and O–H groups in total. The highest BCUT2D eigenvalue weighted by Gasteiger charge is 2.27. The zero-order valence-electron chi connectivity index (χ0n) is 11.4. The molecule has 3 rings (SSSR count). The number of nitrogens with zero attached hydrogens (tertiary/aromatic N) is 1. The fraction of sp³-hybridized carbons (Fsp3) is 0.625. The first-order chi connectivity index (χ1) is 9.33. The number of fused-ring (bicyclic) bond motifs is 1. The monoisotopic (exact) mass is 261 g/mol. The molecule has 0 amide bonds. The van der Waals surface area contributed by atoms with E-state index in [0.29, 0.717) is 0 Å². The molecule has 0 aromatic heterocycles. The minimum Gasteiger partial charge on any atom is -0.487 e. The molecule has 3 heteroatoms. The second kappa shape index (κ2) is 5.93. The number of benzene rings is 1. The highest BCUT2D eigenvalue weighted by atomic mass is 16.5. The van der Waals surface area contributed by atoms with Gasteiger partial charge in [0.15, 0.2) is 0 Å². The van der Waals surface area contributed by atoms with Crippen LogP contribution in [0.5, 0.6) is 5.75 Å². The summed E-state index contributed by atoms with van der Waals surface area (Å²) in [5.74, 6) is 0.955.